The van der Waals surface area contributed by atoms with Gasteiger partial charge in [0.1, 0.15) is 0 Å². The SMILES string of the molecule is Cc1nn(Cc2c(Cl)cccc2Cl)c(C)c1CNCC(=O)Nc1ccc(F)c(F)c1F.O=C(O)C(=O)O. The number of amides is 1. The first-order valence-corrected chi connectivity index (χ1v) is 11.1. The Hall–Kier alpha value is -3.61. The van der Waals surface area contributed by atoms with E-state index < -0.39 is 41.0 Å². The van der Waals surface area contributed by atoms with Crippen LogP contribution in [-0.4, -0.2) is 44.4 Å². The molecule has 14 heteroatoms. The average molecular weight is 561 g/mol. The Labute approximate surface area is 218 Å². The summed E-state index contributed by atoms with van der Waals surface area (Å²) in [7, 11) is 0. The summed E-state index contributed by atoms with van der Waals surface area (Å²) in [5.74, 6) is -8.65. The van der Waals surface area contributed by atoms with Crippen LogP contribution in [0, 0.1) is 31.3 Å². The second-order valence-electron chi connectivity index (χ2n) is 7.49. The molecule has 3 aromatic rings. The van der Waals surface area contributed by atoms with Crippen molar-refractivity contribution < 1.29 is 37.8 Å². The number of rotatable bonds is 7. The number of aromatic nitrogens is 2. The summed E-state index contributed by atoms with van der Waals surface area (Å²) in [6.07, 6.45) is 0. The Balaban J connectivity index is 0.000000717. The molecule has 2 aromatic carbocycles. The predicted octanol–water partition coefficient (Wildman–Crippen LogP) is 4.16. The van der Waals surface area contributed by atoms with Crippen molar-refractivity contribution in [3.8, 4) is 0 Å². The van der Waals surface area contributed by atoms with Crippen LogP contribution in [0.3, 0.4) is 0 Å². The van der Waals surface area contributed by atoms with Gasteiger partial charge in [-0.3, -0.25) is 9.48 Å². The number of hydrogen-bond donors (Lipinski definition) is 4. The fourth-order valence-corrected chi connectivity index (χ4v) is 3.61. The van der Waals surface area contributed by atoms with Crippen LogP contribution >= 0.6 is 23.2 Å². The lowest BCUT2D eigenvalue weighted by Crippen LogP contribution is -2.28. The Bertz CT molecular complexity index is 1300. The molecule has 0 aliphatic rings. The monoisotopic (exact) mass is 560 g/mol. The smallest absolute Gasteiger partial charge is 0.414 e. The van der Waals surface area contributed by atoms with E-state index in [9.17, 15) is 18.0 Å². The maximum Gasteiger partial charge on any atom is 0.414 e. The van der Waals surface area contributed by atoms with E-state index in [1.807, 2.05) is 13.8 Å². The number of aliphatic carboxylic acids is 2. The Morgan fingerprint density at radius 2 is 1.54 bits per heavy atom. The van der Waals surface area contributed by atoms with Crippen molar-refractivity contribution in [1.29, 1.82) is 0 Å². The summed E-state index contributed by atoms with van der Waals surface area (Å²) in [6.45, 7) is 4.27. The molecule has 1 heterocycles. The lowest BCUT2D eigenvalue weighted by Gasteiger charge is -2.10. The van der Waals surface area contributed by atoms with E-state index in [0.29, 0.717) is 23.1 Å². The number of nitrogens with one attached hydrogen (secondary N) is 2. The molecule has 198 valence electrons. The molecule has 4 N–H and O–H groups in total. The van der Waals surface area contributed by atoms with Gasteiger partial charge in [0.2, 0.25) is 5.91 Å². The first-order valence-electron chi connectivity index (χ1n) is 10.4. The molecule has 0 spiro atoms. The van der Waals surface area contributed by atoms with Crippen molar-refractivity contribution in [2.75, 3.05) is 11.9 Å². The van der Waals surface area contributed by atoms with Crippen LogP contribution in [0.5, 0.6) is 0 Å². The average Bonchev–Trinajstić information content (AvgIpc) is 3.09. The van der Waals surface area contributed by atoms with E-state index in [1.54, 1.807) is 22.9 Å². The molecule has 0 saturated carbocycles. The highest BCUT2D eigenvalue weighted by molar-refractivity contribution is 6.36. The molecule has 0 atom stereocenters. The third-order valence-corrected chi connectivity index (χ3v) is 5.69. The number of halogens is 5. The molecule has 0 aliphatic carbocycles. The third kappa shape index (κ3) is 7.94. The zero-order chi connectivity index (χ0) is 27.9. The van der Waals surface area contributed by atoms with Gasteiger partial charge in [-0.1, -0.05) is 29.3 Å². The molecule has 0 saturated heterocycles. The summed E-state index contributed by atoms with van der Waals surface area (Å²) < 4.78 is 41.7. The molecule has 0 radical (unpaired) electrons. The van der Waals surface area contributed by atoms with Crippen molar-refractivity contribution in [3.63, 3.8) is 0 Å². The van der Waals surface area contributed by atoms with E-state index in [1.165, 1.54) is 0 Å². The minimum atomic E-state index is -1.82. The van der Waals surface area contributed by atoms with Crippen molar-refractivity contribution in [3.05, 3.63) is 80.3 Å². The highest BCUT2D eigenvalue weighted by Gasteiger charge is 2.17. The molecule has 1 amide bonds. The van der Waals surface area contributed by atoms with Crippen LogP contribution in [0.2, 0.25) is 10.0 Å². The highest BCUT2D eigenvalue weighted by atomic mass is 35.5. The number of benzene rings is 2. The van der Waals surface area contributed by atoms with Crippen molar-refractivity contribution in [1.82, 2.24) is 15.1 Å². The summed E-state index contributed by atoms with van der Waals surface area (Å²) in [4.78, 5) is 30.2. The summed E-state index contributed by atoms with van der Waals surface area (Å²) >= 11 is 12.5. The van der Waals surface area contributed by atoms with Gasteiger partial charge in [-0.15, -0.1) is 0 Å². The fourth-order valence-electron chi connectivity index (χ4n) is 3.09. The number of hydrogen-bond acceptors (Lipinski definition) is 5. The van der Waals surface area contributed by atoms with Crippen LogP contribution < -0.4 is 10.6 Å². The summed E-state index contributed by atoms with van der Waals surface area (Å²) in [5.41, 5.74) is 2.84. The lowest BCUT2D eigenvalue weighted by atomic mass is 10.2. The molecule has 1 aromatic heterocycles. The van der Waals surface area contributed by atoms with Crippen LogP contribution in [-0.2, 0) is 27.5 Å². The lowest BCUT2D eigenvalue weighted by molar-refractivity contribution is -0.159. The first kappa shape index (κ1) is 29.6. The minimum absolute atomic E-state index is 0.168. The first-order chi connectivity index (χ1) is 17.3. The van der Waals surface area contributed by atoms with Gasteiger partial charge in [0.05, 0.1) is 24.5 Å². The number of anilines is 1. The Morgan fingerprint density at radius 1 is 0.946 bits per heavy atom. The molecule has 0 unspecified atom stereocenters. The Morgan fingerprint density at radius 3 is 2.11 bits per heavy atom. The van der Waals surface area contributed by atoms with Crippen LogP contribution in [0.25, 0.3) is 0 Å². The highest BCUT2D eigenvalue weighted by Crippen LogP contribution is 2.26. The predicted molar refractivity (Wildman–Crippen MR) is 129 cm³/mol. The van der Waals surface area contributed by atoms with Gasteiger partial charge in [0, 0.05) is 33.4 Å². The molecule has 0 bridgehead atoms. The molecule has 0 fully saturated rings. The third-order valence-electron chi connectivity index (χ3n) is 4.98. The van der Waals surface area contributed by atoms with Gasteiger partial charge in [0.15, 0.2) is 17.5 Å². The number of carboxylic acid groups (broad SMARTS) is 2. The zero-order valence-electron chi connectivity index (χ0n) is 19.4. The molecule has 9 nitrogen and oxygen atoms in total. The number of nitrogens with zero attached hydrogens (tertiary/aromatic N) is 2. The topological polar surface area (TPSA) is 134 Å². The molecule has 3 rings (SSSR count). The van der Waals surface area contributed by atoms with Crippen LogP contribution in [0.1, 0.15) is 22.5 Å². The van der Waals surface area contributed by atoms with E-state index in [0.717, 1.165) is 34.6 Å². The summed E-state index contributed by atoms with van der Waals surface area (Å²) in [5, 5.41) is 25.5. The normalized spacial score (nSPS) is 10.5. The quantitative estimate of drug-likeness (QED) is 0.252. The van der Waals surface area contributed by atoms with Crippen molar-refractivity contribution in [2.24, 2.45) is 0 Å². The van der Waals surface area contributed by atoms with Crippen molar-refractivity contribution >= 4 is 46.7 Å². The number of carboxylic acids is 2. The van der Waals surface area contributed by atoms with Gasteiger partial charge >= 0.3 is 11.9 Å². The van der Waals surface area contributed by atoms with E-state index in [-0.39, 0.29) is 6.54 Å². The van der Waals surface area contributed by atoms with E-state index in [4.69, 9.17) is 43.0 Å². The van der Waals surface area contributed by atoms with E-state index >= 15 is 0 Å². The Kier molecular flexibility index (Phi) is 10.5. The second-order valence-corrected chi connectivity index (χ2v) is 8.31. The van der Waals surface area contributed by atoms with Crippen molar-refractivity contribution in [2.45, 2.75) is 26.9 Å². The van der Waals surface area contributed by atoms with Gasteiger partial charge in [-0.2, -0.15) is 5.10 Å². The largest absolute Gasteiger partial charge is 0.473 e. The fraction of sp³-hybridized carbons (Fsp3) is 0.217. The van der Waals surface area contributed by atoms with Gasteiger partial charge in [-0.05, 0) is 38.1 Å². The van der Waals surface area contributed by atoms with Crippen LogP contribution in [0.15, 0.2) is 30.3 Å². The minimum Gasteiger partial charge on any atom is -0.473 e. The number of carbonyl (C=O) groups excluding carboxylic acids is 1. The molecule has 37 heavy (non-hydrogen) atoms. The van der Waals surface area contributed by atoms with Gasteiger partial charge < -0.3 is 20.8 Å². The molecular formula is C23H21Cl2F3N4O5. The maximum absolute atomic E-state index is 13.7. The zero-order valence-corrected chi connectivity index (χ0v) is 20.9. The summed E-state index contributed by atoms with van der Waals surface area (Å²) in [6, 6.07) is 6.98. The van der Waals surface area contributed by atoms with Gasteiger partial charge in [-0.25, -0.2) is 22.8 Å². The van der Waals surface area contributed by atoms with E-state index in [2.05, 4.69) is 15.7 Å². The standard InChI is InChI=1S/C21H19Cl2F3N4O.C2H2O4/c1-11-13(12(2)30(29-11)10-14-15(22)4-3-5-16(14)23)8-27-9-19(31)28-18-7-6-17(24)20(25)21(18)26;3-1(4)2(5)6/h3-7,27H,8-10H2,1-2H3,(H,28,31);(H,3,4)(H,5,6). The molecule has 0 aliphatic heterocycles. The molecular weight excluding hydrogens is 540 g/mol. The number of carbonyl (C=O) groups is 3. The van der Waals surface area contributed by atoms with Crippen LogP contribution in [0.4, 0.5) is 18.9 Å². The maximum atomic E-state index is 13.7. The number of aryl methyl sites for hydroxylation is 1. The second kappa shape index (κ2) is 13.1. The van der Waals surface area contributed by atoms with Gasteiger partial charge in [0.25, 0.3) is 0 Å².